The second-order valence-electron chi connectivity index (χ2n) is 5.43. The second kappa shape index (κ2) is 5.95. The van der Waals surface area contributed by atoms with Crippen molar-refractivity contribution in [3.05, 3.63) is 24.3 Å². The van der Waals surface area contributed by atoms with Gasteiger partial charge in [-0.05, 0) is 30.4 Å². The number of benzene rings is 1. The molecule has 0 aliphatic heterocycles. The van der Waals surface area contributed by atoms with E-state index < -0.39 is 0 Å². The molecule has 2 nitrogen and oxygen atoms in total. The summed E-state index contributed by atoms with van der Waals surface area (Å²) in [6, 6.07) is 8.01. The van der Waals surface area contributed by atoms with Gasteiger partial charge >= 0.3 is 0 Å². The summed E-state index contributed by atoms with van der Waals surface area (Å²) in [4.78, 5) is 0. The molecular weight excluding hydrogens is 208 g/mol. The Bertz CT molecular complexity index is 341. The predicted molar refractivity (Wildman–Crippen MR) is 75.1 cm³/mol. The standard InChI is InChI=1S/C15H24N2/c1-12-6-8-13(9-7-12)10-11-17-15-5-3-2-4-14(15)16/h2-5,12-13,17H,6-11,16H2,1H3. The van der Waals surface area contributed by atoms with Crippen LogP contribution in [0.5, 0.6) is 0 Å². The lowest BCUT2D eigenvalue weighted by atomic mass is 9.81. The second-order valence-corrected chi connectivity index (χ2v) is 5.43. The van der Waals surface area contributed by atoms with Crippen LogP contribution in [-0.2, 0) is 0 Å². The van der Waals surface area contributed by atoms with Gasteiger partial charge in [-0.25, -0.2) is 0 Å². The van der Waals surface area contributed by atoms with Gasteiger partial charge in [0.25, 0.3) is 0 Å². The van der Waals surface area contributed by atoms with Gasteiger partial charge in [0.1, 0.15) is 0 Å². The van der Waals surface area contributed by atoms with E-state index in [2.05, 4.69) is 18.3 Å². The number of nitrogens with one attached hydrogen (secondary N) is 1. The summed E-state index contributed by atoms with van der Waals surface area (Å²) in [5, 5.41) is 3.45. The molecule has 0 saturated heterocycles. The van der Waals surface area contributed by atoms with E-state index in [9.17, 15) is 0 Å². The van der Waals surface area contributed by atoms with Gasteiger partial charge in [-0.3, -0.25) is 0 Å². The molecule has 17 heavy (non-hydrogen) atoms. The zero-order valence-electron chi connectivity index (χ0n) is 10.8. The first-order valence-corrected chi connectivity index (χ1v) is 6.84. The first-order chi connectivity index (χ1) is 8.25. The Morgan fingerprint density at radius 3 is 2.59 bits per heavy atom. The number of anilines is 2. The fourth-order valence-electron chi connectivity index (χ4n) is 2.69. The highest BCUT2D eigenvalue weighted by Gasteiger charge is 2.17. The number of para-hydroxylation sites is 2. The monoisotopic (exact) mass is 232 g/mol. The van der Waals surface area contributed by atoms with Gasteiger partial charge in [0.2, 0.25) is 0 Å². The molecule has 1 fully saturated rings. The van der Waals surface area contributed by atoms with Crippen LogP contribution in [0.1, 0.15) is 39.0 Å². The molecule has 3 N–H and O–H groups in total. The summed E-state index contributed by atoms with van der Waals surface area (Å²) in [5.41, 5.74) is 7.83. The quantitative estimate of drug-likeness (QED) is 0.773. The fraction of sp³-hybridized carbons (Fsp3) is 0.600. The molecule has 0 unspecified atom stereocenters. The van der Waals surface area contributed by atoms with E-state index in [-0.39, 0.29) is 0 Å². The lowest BCUT2D eigenvalue weighted by Crippen LogP contribution is -2.16. The van der Waals surface area contributed by atoms with Crippen LogP contribution in [0.15, 0.2) is 24.3 Å². The first kappa shape index (κ1) is 12.3. The van der Waals surface area contributed by atoms with Gasteiger partial charge < -0.3 is 11.1 Å². The maximum absolute atomic E-state index is 5.90. The van der Waals surface area contributed by atoms with Crippen LogP contribution < -0.4 is 11.1 Å². The number of hydrogen-bond acceptors (Lipinski definition) is 2. The highest BCUT2D eigenvalue weighted by atomic mass is 14.9. The first-order valence-electron chi connectivity index (χ1n) is 6.84. The molecule has 0 amide bonds. The van der Waals surface area contributed by atoms with E-state index in [1.54, 1.807) is 0 Å². The van der Waals surface area contributed by atoms with Gasteiger partial charge in [-0.1, -0.05) is 44.7 Å². The molecule has 2 rings (SSSR count). The molecule has 0 spiro atoms. The smallest absolute Gasteiger partial charge is 0.0573 e. The van der Waals surface area contributed by atoms with E-state index >= 15 is 0 Å². The lowest BCUT2D eigenvalue weighted by molar-refractivity contribution is 0.282. The highest BCUT2D eigenvalue weighted by Crippen LogP contribution is 2.30. The molecule has 0 atom stereocenters. The predicted octanol–water partition coefficient (Wildman–Crippen LogP) is 3.90. The minimum Gasteiger partial charge on any atom is -0.397 e. The number of nitrogen functional groups attached to an aromatic ring is 1. The summed E-state index contributed by atoms with van der Waals surface area (Å²) < 4.78 is 0. The van der Waals surface area contributed by atoms with E-state index in [0.717, 1.165) is 29.8 Å². The van der Waals surface area contributed by atoms with Crippen LogP contribution >= 0.6 is 0 Å². The third kappa shape index (κ3) is 3.65. The van der Waals surface area contributed by atoms with Crippen LogP contribution in [0.3, 0.4) is 0 Å². The SMILES string of the molecule is CC1CCC(CCNc2ccccc2N)CC1. The van der Waals surface area contributed by atoms with Gasteiger partial charge in [0, 0.05) is 6.54 Å². The Morgan fingerprint density at radius 2 is 1.88 bits per heavy atom. The third-order valence-corrected chi connectivity index (χ3v) is 3.96. The topological polar surface area (TPSA) is 38.0 Å². The highest BCUT2D eigenvalue weighted by molar-refractivity contribution is 5.65. The summed E-state index contributed by atoms with van der Waals surface area (Å²) in [7, 11) is 0. The normalized spacial score (nSPS) is 24.5. The van der Waals surface area contributed by atoms with E-state index in [4.69, 9.17) is 5.73 Å². The van der Waals surface area contributed by atoms with Gasteiger partial charge in [0.15, 0.2) is 0 Å². The minimum atomic E-state index is 0.852. The Morgan fingerprint density at radius 1 is 1.18 bits per heavy atom. The molecule has 1 aromatic carbocycles. The van der Waals surface area contributed by atoms with Crippen molar-refractivity contribution in [1.29, 1.82) is 0 Å². The molecule has 1 aliphatic rings. The number of hydrogen-bond donors (Lipinski definition) is 2. The lowest BCUT2D eigenvalue weighted by Gasteiger charge is -2.26. The van der Waals surface area contributed by atoms with Gasteiger partial charge in [-0.15, -0.1) is 0 Å². The van der Waals surface area contributed by atoms with E-state index in [1.807, 2.05) is 18.2 Å². The summed E-state index contributed by atoms with van der Waals surface area (Å²) in [6.07, 6.45) is 6.93. The Kier molecular flexibility index (Phi) is 4.29. The molecule has 0 bridgehead atoms. The van der Waals surface area contributed by atoms with Gasteiger partial charge in [-0.2, -0.15) is 0 Å². The zero-order valence-corrected chi connectivity index (χ0v) is 10.8. The molecule has 0 aromatic heterocycles. The van der Waals surface area contributed by atoms with Crippen molar-refractivity contribution in [2.75, 3.05) is 17.6 Å². The van der Waals surface area contributed by atoms with Crippen molar-refractivity contribution >= 4 is 11.4 Å². The zero-order chi connectivity index (χ0) is 12.1. The van der Waals surface area contributed by atoms with Crippen molar-refractivity contribution in [3.63, 3.8) is 0 Å². The fourth-order valence-corrected chi connectivity index (χ4v) is 2.69. The maximum atomic E-state index is 5.90. The van der Waals surface area contributed by atoms with Crippen molar-refractivity contribution in [3.8, 4) is 0 Å². The molecule has 1 aromatic rings. The van der Waals surface area contributed by atoms with Crippen LogP contribution in [-0.4, -0.2) is 6.54 Å². The van der Waals surface area contributed by atoms with Crippen LogP contribution in [0.25, 0.3) is 0 Å². The Hall–Kier alpha value is -1.18. The molecule has 1 aliphatic carbocycles. The molecule has 2 heteroatoms. The van der Waals surface area contributed by atoms with E-state index in [0.29, 0.717) is 0 Å². The average Bonchev–Trinajstić information content (AvgIpc) is 2.34. The Balaban J connectivity index is 1.71. The summed E-state index contributed by atoms with van der Waals surface area (Å²) in [6.45, 7) is 3.42. The van der Waals surface area contributed by atoms with Crippen molar-refractivity contribution in [2.45, 2.75) is 39.0 Å². The number of rotatable bonds is 4. The molecule has 0 heterocycles. The largest absolute Gasteiger partial charge is 0.397 e. The molecule has 1 saturated carbocycles. The molecular formula is C15H24N2. The van der Waals surface area contributed by atoms with Gasteiger partial charge in [0.05, 0.1) is 11.4 Å². The van der Waals surface area contributed by atoms with Crippen molar-refractivity contribution < 1.29 is 0 Å². The molecule has 94 valence electrons. The van der Waals surface area contributed by atoms with Crippen molar-refractivity contribution in [2.24, 2.45) is 11.8 Å². The van der Waals surface area contributed by atoms with Crippen molar-refractivity contribution in [1.82, 2.24) is 0 Å². The number of nitrogens with two attached hydrogens (primary N) is 1. The summed E-state index contributed by atoms with van der Waals surface area (Å²) >= 11 is 0. The summed E-state index contributed by atoms with van der Waals surface area (Å²) in [5.74, 6) is 1.87. The average molecular weight is 232 g/mol. The minimum absolute atomic E-state index is 0.852. The maximum Gasteiger partial charge on any atom is 0.0573 e. The van der Waals surface area contributed by atoms with Crippen LogP contribution in [0.2, 0.25) is 0 Å². The van der Waals surface area contributed by atoms with E-state index in [1.165, 1.54) is 32.1 Å². The van der Waals surface area contributed by atoms with Crippen LogP contribution in [0, 0.1) is 11.8 Å². The Labute approximate surface area is 105 Å². The third-order valence-electron chi connectivity index (χ3n) is 3.96. The molecule has 0 radical (unpaired) electrons. The van der Waals surface area contributed by atoms with Crippen LogP contribution in [0.4, 0.5) is 11.4 Å².